The van der Waals surface area contributed by atoms with Gasteiger partial charge in [-0.15, -0.1) is 0 Å². The number of aliphatic hydroxyl groups excluding tert-OH is 2. The van der Waals surface area contributed by atoms with Crippen molar-refractivity contribution in [2.24, 2.45) is 0 Å². The minimum absolute atomic E-state index is 0.0512. The Morgan fingerprint density at radius 3 is 2.30 bits per heavy atom. The van der Waals surface area contributed by atoms with Crippen LogP contribution in [0.3, 0.4) is 0 Å². The van der Waals surface area contributed by atoms with Crippen LogP contribution in [0.15, 0.2) is 30.3 Å². The van der Waals surface area contributed by atoms with Crippen molar-refractivity contribution in [3.8, 4) is 11.1 Å². The summed E-state index contributed by atoms with van der Waals surface area (Å²) in [6.07, 6.45) is 0.527. The van der Waals surface area contributed by atoms with Crippen LogP contribution in [-0.4, -0.2) is 48.8 Å². The van der Waals surface area contributed by atoms with Gasteiger partial charge in [-0.1, -0.05) is 66.7 Å². The molecule has 0 fully saturated rings. The molecule has 2 rings (SSSR count). The third kappa shape index (κ3) is 9.06. The molecule has 6 nitrogen and oxygen atoms in total. The molecule has 2 N–H and O–H groups in total. The van der Waals surface area contributed by atoms with Gasteiger partial charge in [0.2, 0.25) is 0 Å². The summed E-state index contributed by atoms with van der Waals surface area (Å²) in [4.78, 5) is 16.4. The Labute approximate surface area is 240 Å². The lowest BCUT2D eigenvalue weighted by Gasteiger charge is -2.36. The highest BCUT2D eigenvalue weighted by Gasteiger charge is 2.37. The maximum Gasteiger partial charge on any atom is 0.308 e. The van der Waals surface area contributed by atoms with Crippen LogP contribution in [0.25, 0.3) is 17.2 Å². The van der Waals surface area contributed by atoms with E-state index in [2.05, 4.69) is 72.4 Å². The summed E-state index contributed by atoms with van der Waals surface area (Å²) in [5, 5.41) is 20.4. The number of aliphatic hydroxyl groups is 2. The van der Waals surface area contributed by atoms with Crippen LogP contribution < -0.4 is 0 Å². The highest BCUT2D eigenvalue weighted by atomic mass is 28.4. The first-order chi connectivity index (χ1) is 18.5. The van der Waals surface area contributed by atoms with Crippen molar-refractivity contribution in [3.05, 3.63) is 58.7 Å². The summed E-state index contributed by atoms with van der Waals surface area (Å²) in [5.74, 6) is -0.613. The molecule has 0 aliphatic carbocycles. The molecule has 222 valence electrons. The fourth-order valence-electron chi connectivity index (χ4n) is 4.03. The molecular formula is C32H48FNO5Si. The lowest BCUT2D eigenvalue weighted by atomic mass is 9.91. The summed E-state index contributed by atoms with van der Waals surface area (Å²) < 4.78 is 26.1. The Hall–Kier alpha value is -2.39. The zero-order valence-corrected chi connectivity index (χ0v) is 26.8. The van der Waals surface area contributed by atoms with Crippen molar-refractivity contribution in [1.82, 2.24) is 4.98 Å². The predicted molar refractivity (Wildman–Crippen MR) is 162 cm³/mol. The molecule has 0 bridgehead atoms. The first-order valence-corrected chi connectivity index (χ1v) is 17.0. The second-order valence-corrected chi connectivity index (χ2v) is 17.5. The first-order valence-electron chi connectivity index (χ1n) is 14.1. The lowest BCUT2D eigenvalue weighted by molar-refractivity contribution is -0.143. The standard InChI is InChI=1S/C32H48FNO5Si/c1-20(2)29-18-26(27(31(34-29)21(3)4)19-39-40(9,10)32(5,6)7)22-12-14-28(33)23(15-22)11-13-24(35)16-25(36)17-30(37)38-8/h11-15,18,20-21,24-25,35-36H,16-17,19H2,1-10H3/b13-11+/t24-,25-/m1/s1. The van der Waals surface area contributed by atoms with Gasteiger partial charge < -0.3 is 19.4 Å². The van der Waals surface area contributed by atoms with Gasteiger partial charge in [0.15, 0.2) is 8.32 Å². The molecule has 2 aromatic rings. The third-order valence-corrected chi connectivity index (χ3v) is 12.1. The van der Waals surface area contributed by atoms with Gasteiger partial charge in [-0.2, -0.15) is 0 Å². The maximum absolute atomic E-state index is 14.9. The van der Waals surface area contributed by atoms with Crippen LogP contribution in [0.2, 0.25) is 18.1 Å². The number of ether oxygens (including phenoxy) is 1. The molecule has 0 aliphatic rings. The summed E-state index contributed by atoms with van der Waals surface area (Å²) in [5.41, 5.74) is 5.06. The van der Waals surface area contributed by atoms with E-state index in [1.807, 2.05) is 0 Å². The van der Waals surface area contributed by atoms with E-state index in [4.69, 9.17) is 9.41 Å². The van der Waals surface area contributed by atoms with E-state index in [0.717, 1.165) is 28.1 Å². The summed E-state index contributed by atoms with van der Waals surface area (Å²) in [7, 11) is -0.813. The van der Waals surface area contributed by atoms with Crippen LogP contribution in [-0.2, 0) is 20.6 Å². The van der Waals surface area contributed by atoms with E-state index >= 15 is 0 Å². The molecule has 0 saturated carbocycles. The van der Waals surface area contributed by atoms with Crippen molar-refractivity contribution in [2.75, 3.05) is 7.11 Å². The Bertz CT molecular complexity index is 1190. The van der Waals surface area contributed by atoms with Crippen molar-refractivity contribution < 1.29 is 28.6 Å². The maximum atomic E-state index is 14.9. The Morgan fingerprint density at radius 2 is 1.75 bits per heavy atom. The minimum Gasteiger partial charge on any atom is -0.469 e. The quantitative estimate of drug-likeness (QED) is 0.204. The van der Waals surface area contributed by atoms with Crippen LogP contribution in [0.1, 0.15) is 95.7 Å². The summed E-state index contributed by atoms with van der Waals surface area (Å²) in [6.45, 7) is 20.0. The van der Waals surface area contributed by atoms with Crippen LogP contribution >= 0.6 is 0 Å². The van der Waals surface area contributed by atoms with Crippen LogP contribution in [0, 0.1) is 5.82 Å². The average Bonchev–Trinajstić information content (AvgIpc) is 2.85. The molecule has 8 heteroatoms. The molecule has 0 radical (unpaired) electrons. The monoisotopic (exact) mass is 573 g/mol. The number of methoxy groups -OCH3 is 1. The van der Waals surface area contributed by atoms with E-state index in [1.165, 1.54) is 25.3 Å². The molecule has 0 saturated heterocycles. The number of hydrogen-bond donors (Lipinski definition) is 2. The summed E-state index contributed by atoms with van der Waals surface area (Å²) in [6, 6.07) is 7.04. The van der Waals surface area contributed by atoms with Gasteiger partial charge >= 0.3 is 5.97 Å². The number of rotatable bonds is 12. The first kappa shape index (κ1) is 33.8. The number of aromatic nitrogens is 1. The predicted octanol–water partition coefficient (Wildman–Crippen LogP) is 7.34. The fourth-order valence-corrected chi connectivity index (χ4v) is 4.97. The molecule has 0 amide bonds. The second kappa shape index (κ2) is 14.0. The van der Waals surface area contributed by atoms with Crippen molar-refractivity contribution in [2.45, 2.75) is 110 Å². The van der Waals surface area contributed by atoms with Crippen molar-refractivity contribution in [1.29, 1.82) is 0 Å². The minimum atomic E-state index is -2.05. The molecular weight excluding hydrogens is 525 g/mol. The number of nitrogens with zero attached hydrogens (tertiary/aromatic N) is 1. The van der Waals surface area contributed by atoms with Crippen molar-refractivity contribution in [3.63, 3.8) is 0 Å². The zero-order chi connectivity index (χ0) is 30.4. The zero-order valence-electron chi connectivity index (χ0n) is 25.8. The van der Waals surface area contributed by atoms with Gasteiger partial charge in [-0.3, -0.25) is 9.78 Å². The molecule has 0 spiro atoms. The third-order valence-electron chi connectivity index (χ3n) is 7.65. The molecule has 1 aromatic carbocycles. The van der Waals surface area contributed by atoms with Crippen LogP contribution in [0.4, 0.5) is 4.39 Å². The number of benzene rings is 1. The van der Waals surface area contributed by atoms with Gasteiger partial charge in [0.25, 0.3) is 0 Å². The second-order valence-electron chi connectivity index (χ2n) is 12.6. The normalized spacial score (nSPS) is 14.3. The van der Waals surface area contributed by atoms with E-state index in [1.54, 1.807) is 12.1 Å². The van der Waals surface area contributed by atoms with E-state index in [0.29, 0.717) is 12.2 Å². The molecule has 0 unspecified atom stereocenters. The highest BCUT2D eigenvalue weighted by Crippen LogP contribution is 2.39. The SMILES string of the molecule is COC(=O)C[C@H](O)C[C@H](O)/C=C/c1cc(-c2cc(C(C)C)nc(C(C)C)c2CO[Si](C)(C)C(C)(C)C)ccc1F. The smallest absolute Gasteiger partial charge is 0.308 e. The molecule has 2 atom stereocenters. The fraction of sp³-hybridized carbons (Fsp3) is 0.562. The van der Waals surface area contributed by atoms with Gasteiger partial charge in [-0.25, -0.2) is 4.39 Å². The van der Waals surface area contributed by atoms with Gasteiger partial charge in [0.1, 0.15) is 5.82 Å². The largest absolute Gasteiger partial charge is 0.469 e. The number of carbonyl (C=O) groups is 1. The van der Waals surface area contributed by atoms with Gasteiger partial charge in [-0.05, 0) is 59.3 Å². The number of hydrogen-bond acceptors (Lipinski definition) is 6. The number of esters is 1. The topological polar surface area (TPSA) is 88.9 Å². The highest BCUT2D eigenvalue weighted by molar-refractivity contribution is 6.74. The van der Waals surface area contributed by atoms with Crippen molar-refractivity contribution >= 4 is 20.4 Å². The van der Waals surface area contributed by atoms with Gasteiger partial charge in [0, 0.05) is 28.9 Å². The summed E-state index contributed by atoms with van der Waals surface area (Å²) >= 11 is 0. The van der Waals surface area contributed by atoms with E-state index in [9.17, 15) is 19.4 Å². The molecule has 40 heavy (non-hydrogen) atoms. The Kier molecular flexibility index (Phi) is 11.8. The lowest BCUT2D eigenvalue weighted by Crippen LogP contribution is -2.40. The number of pyridine rings is 1. The number of halogens is 1. The number of carbonyl (C=O) groups excluding carboxylic acids is 1. The Morgan fingerprint density at radius 1 is 1.10 bits per heavy atom. The van der Waals surface area contributed by atoms with Gasteiger partial charge in [0.05, 0.1) is 32.3 Å². The van der Waals surface area contributed by atoms with E-state index in [-0.39, 0.29) is 29.7 Å². The van der Waals surface area contributed by atoms with Crippen LogP contribution in [0.5, 0.6) is 0 Å². The molecule has 1 heterocycles. The molecule has 1 aromatic heterocycles. The average molecular weight is 574 g/mol. The molecule has 0 aliphatic heterocycles. The van der Waals surface area contributed by atoms with E-state index < -0.39 is 32.3 Å². The Balaban J connectivity index is 2.53.